The summed E-state index contributed by atoms with van der Waals surface area (Å²) in [6, 6.07) is 11.9. The number of ketones is 1. The number of thiophene rings is 1. The Hall–Kier alpha value is -2.40. The molecule has 0 unspecified atom stereocenters. The van der Waals surface area contributed by atoms with E-state index in [2.05, 4.69) is 16.7 Å². The molecule has 5 heteroatoms. The first-order chi connectivity index (χ1) is 10.6. The van der Waals surface area contributed by atoms with Gasteiger partial charge in [0.1, 0.15) is 4.83 Å². The third-order valence-corrected chi connectivity index (χ3v) is 4.68. The molecule has 2 aromatic heterocycles. The fourth-order valence-corrected chi connectivity index (χ4v) is 3.72. The Labute approximate surface area is 132 Å². The van der Waals surface area contributed by atoms with E-state index < -0.39 is 11.7 Å². The van der Waals surface area contributed by atoms with E-state index in [-0.39, 0.29) is 0 Å². The van der Waals surface area contributed by atoms with Gasteiger partial charge in [-0.05, 0) is 23.4 Å². The molecule has 0 saturated carbocycles. The molecule has 22 heavy (non-hydrogen) atoms. The first kappa shape index (κ1) is 14.5. The minimum absolute atomic E-state index is 0.460. The van der Waals surface area contributed by atoms with Gasteiger partial charge in [0, 0.05) is 17.6 Å². The molecule has 0 aliphatic rings. The van der Waals surface area contributed by atoms with Crippen LogP contribution in [0.4, 0.5) is 0 Å². The molecular formula is C17H16N2O2S. The third kappa shape index (κ3) is 2.33. The number of benzene rings is 1. The number of hydrogen-bond acceptors (Lipinski definition) is 3. The van der Waals surface area contributed by atoms with Crippen molar-refractivity contribution in [3.63, 3.8) is 0 Å². The Morgan fingerprint density at radius 1 is 1.18 bits per heavy atom. The number of hydrogen-bond donors (Lipinski definition) is 1. The Bertz CT molecular complexity index is 846. The van der Waals surface area contributed by atoms with E-state index in [1.165, 1.54) is 0 Å². The SMILES string of the molecule is CCc1c(C(=O)C(N)=O)c2ccsc2n1Cc1ccccc1. The summed E-state index contributed by atoms with van der Waals surface area (Å²) in [5.41, 5.74) is 7.70. The molecule has 112 valence electrons. The summed E-state index contributed by atoms with van der Waals surface area (Å²) < 4.78 is 2.12. The van der Waals surface area contributed by atoms with Crippen molar-refractivity contribution in [2.75, 3.05) is 0 Å². The van der Waals surface area contributed by atoms with Gasteiger partial charge in [0.25, 0.3) is 11.7 Å². The zero-order chi connectivity index (χ0) is 15.7. The minimum atomic E-state index is -0.903. The van der Waals surface area contributed by atoms with E-state index >= 15 is 0 Å². The fraction of sp³-hybridized carbons (Fsp3) is 0.176. The van der Waals surface area contributed by atoms with Gasteiger partial charge in [-0.1, -0.05) is 37.3 Å². The van der Waals surface area contributed by atoms with Gasteiger partial charge in [-0.15, -0.1) is 11.3 Å². The molecule has 2 heterocycles. The highest BCUT2D eigenvalue weighted by Gasteiger charge is 2.25. The molecule has 0 aliphatic carbocycles. The lowest BCUT2D eigenvalue weighted by Crippen LogP contribution is -2.24. The summed E-state index contributed by atoms with van der Waals surface area (Å²) >= 11 is 1.57. The molecule has 2 N–H and O–H groups in total. The average Bonchev–Trinajstić information content (AvgIpc) is 3.09. The molecule has 0 radical (unpaired) electrons. The Balaban J connectivity index is 2.19. The van der Waals surface area contributed by atoms with E-state index in [0.29, 0.717) is 18.5 Å². The van der Waals surface area contributed by atoms with Crippen molar-refractivity contribution in [2.45, 2.75) is 19.9 Å². The fourth-order valence-electron chi connectivity index (χ4n) is 2.79. The van der Waals surface area contributed by atoms with Gasteiger partial charge in [0.2, 0.25) is 0 Å². The van der Waals surface area contributed by atoms with Gasteiger partial charge in [0.15, 0.2) is 0 Å². The van der Waals surface area contributed by atoms with Crippen molar-refractivity contribution in [1.82, 2.24) is 4.57 Å². The van der Waals surface area contributed by atoms with Crippen LogP contribution in [-0.2, 0) is 17.8 Å². The smallest absolute Gasteiger partial charge is 0.289 e. The second kappa shape index (κ2) is 5.77. The molecular weight excluding hydrogens is 296 g/mol. The monoisotopic (exact) mass is 312 g/mol. The third-order valence-electron chi connectivity index (χ3n) is 3.74. The number of rotatable bonds is 5. The predicted molar refractivity (Wildman–Crippen MR) is 88.3 cm³/mol. The normalized spacial score (nSPS) is 11.0. The van der Waals surface area contributed by atoms with Crippen LogP contribution < -0.4 is 5.73 Å². The first-order valence-electron chi connectivity index (χ1n) is 7.10. The molecule has 0 fully saturated rings. The maximum atomic E-state index is 12.2. The number of Topliss-reactive ketones (excluding diaryl/α,β-unsaturated/α-hetero) is 1. The lowest BCUT2D eigenvalue weighted by atomic mass is 10.1. The summed E-state index contributed by atoms with van der Waals surface area (Å²) in [5.74, 6) is -1.51. The van der Waals surface area contributed by atoms with E-state index in [1.807, 2.05) is 36.6 Å². The van der Waals surface area contributed by atoms with Crippen molar-refractivity contribution in [2.24, 2.45) is 5.73 Å². The highest BCUT2D eigenvalue weighted by molar-refractivity contribution is 7.16. The van der Waals surface area contributed by atoms with E-state index in [1.54, 1.807) is 11.3 Å². The largest absolute Gasteiger partial charge is 0.363 e. The average molecular weight is 312 g/mol. The summed E-state index contributed by atoms with van der Waals surface area (Å²) in [7, 11) is 0. The van der Waals surface area contributed by atoms with Crippen molar-refractivity contribution in [3.8, 4) is 0 Å². The summed E-state index contributed by atoms with van der Waals surface area (Å²) in [5, 5.41) is 2.75. The number of nitrogens with two attached hydrogens (primary N) is 1. The van der Waals surface area contributed by atoms with Crippen molar-refractivity contribution < 1.29 is 9.59 Å². The second-order valence-corrected chi connectivity index (χ2v) is 5.97. The van der Waals surface area contributed by atoms with Gasteiger partial charge in [-0.25, -0.2) is 0 Å². The van der Waals surface area contributed by atoms with Crippen molar-refractivity contribution >= 4 is 33.2 Å². The van der Waals surface area contributed by atoms with Crippen LogP contribution in [0, 0.1) is 0 Å². The maximum Gasteiger partial charge on any atom is 0.289 e. The number of primary amides is 1. The Morgan fingerprint density at radius 3 is 2.55 bits per heavy atom. The van der Waals surface area contributed by atoms with Crippen LogP contribution >= 0.6 is 11.3 Å². The molecule has 3 rings (SSSR count). The lowest BCUT2D eigenvalue weighted by Gasteiger charge is -2.10. The number of aromatic nitrogens is 1. The molecule has 0 spiro atoms. The highest BCUT2D eigenvalue weighted by Crippen LogP contribution is 2.32. The van der Waals surface area contributed by atoms with Crippen molar-refractivity contribution in [1.29, 1.82) is 0 Å². The number of carbonyl (C=O) groups excluding carboxylic acids is 2. The van der Waals surface area contributed by atoms with Gasteiger partial charge in [0.05, 0.1) is 5.56 Å². The molecule has 0 atom stereocenters. The summed E-state index contributed by atoms with van der Waals surface area (Å²) in [6.07, 6.45) is 0.669. The minimum Gasteiger partial charge on any atom is -0.363 e. The van der Waals surface area contributed by atoms with E-state index in [4.69, 9.17) is 5.73 Å². The quantitative estimate of drug-likeness (QED) is 0.581. The van der Waals surface area contributed by atoms with Crippen LogP contribution in [0.3, 0.4) is 0 Å². The van der Waals surface area contributed by atoms with E-state index in [0.717, 1.165) is 21.5 Å². The standard InChI is InChI=1S/C17H16N2O2S/c1-2-13-14(15(20)16(18)21)12-8-9-22-17(12)19(13)10-11-6-4-3-5-7-11/h3-9H,2,10H2,1H3,(H2,18,21). The first-order valence-corrected chi connectivity index (χ1v) is 7.98. The summed E-state index contributed by atoms with van der Waals surface area (Å²) in [4.78, 5) is 24.6. The number of carbonyl (C=O) groups is 2. The van der Waals surface area contributed by atoms with Gasteiger partial charge in [-0.2, -0.15) is 0 Å². The molecule has 0 aliphatic heterocycles. The molecule has 1 aromatic carbocycles. The number of amides is 1. The van der Waals surface area contributed by atoms with Gasteiger partial charge >= 0.3 is 0 Å². The van der Waals surface area contributed by atoms with Gasteiger partial charge < -0.3 is 10.3 Å². The molecule has 1 amide bonds. The Morgan fingerprint density at radius 2 is 1.91 bits per heavy atom. The highest BCUT2D eigenvalue weighted by atomic mass is 32.1. The molecule has 0 saturated heterocycles. The molecule has 0 bridgehead atoms. The van der Waals surface area contributed by atoms with Crippen LogP contribution in [-0.4, -0.2) is 16.3 Å². The van der Waals surface area contributed by atoms with Crippen LogP contribution in [0.25, 0.3) is 10.2 Å². The summed E-state index contributed by atoms with van der Waals surface area (Å²) in [6.45, 7) is 2.66. The number of nitrogens with zero attached hydrogens (tertiary/aromatic N) is 1. The second-order valence-electron chi connectivity index (χ2n) is 5.08. The zero-order valence-electron chi connectivity index (χ0n) is 12.2. The van der Waals surface area contributed by atoms with Gasteiger partial charge in [-0.3, -0.25) is 9.59 Å². The number of fused-ring (bicyclic) bond motifs is 1. The molecule has 4 nitrogen and oxygen atoms in total. The topological polar surface area (TPSA) is 65.1 Å². The zero-order valence-corrected chi connectivity index (χ0v) is 13.0. The van der Waals surface area contributed by atoms with Crippen molar-refractivity contribution in [3.05, 3.63) is 58.6 Å². The molecule has 3 aromatic rings. The van der Waals surface area contributed by atoms with Crippen LogP contribution in [0.15, 0.2) is 41.8 Å². The van der Waals surface area contributed by atoms with Crippen LogP contribution in [0.1, 0.15) is 28.5 Å². The van der Waals surface area contributed by atoms with Crippen LogP contribution in [0.2, 0.25) is 0 Å². The predicted octanol–water partition coefficient (Wildman–Crippen LogP) is 2.98. The Kier molecular flexibility index (Phi) is 3.81. The van der Waals surface area contributed by atoms with E-state index in [9.17, 15) is 9.59 Å². The maximum absolute atomic E-state index is 12.2. The lowest BCUT2D eigenvalue weighted by molar-refractivity contribution is -0.114. The van der Waals surface area contributed by atoms with Crippen LogP contribution in [0.5, 0.6) is 0 Å².